The number of nitrogens with zero attached hydrogens (tertiary/aromatic N) is 1. The van der Waals surface area contributed by atoms with Gasteiger partial charge in [-0.15, -0.1) is 12.3 Å². The third-order valence-corrected chi connectivity index (χ3v) is 3.43. The van der Waals surface area contributed by atoms with Crippen molar-refractivity contribution in [2.75, 3.05) is 19.8 Å². The van der Waals surface area contributed by atoms with Gasteiger partial charge in [0.25, 0.3) is 11.8 Å². The number of amides is 2. The Kier molecular flexibility index (Phi) is 6.34. The maximum atomic E-state index is 11.5. The molecule has 0 spiro atoms. The zero-order chi connectivity index (χ0) is 16.8. The van der Waals surface area contributed by atoms with Gasteiger partial charge in [-0.25, -0.2) is 0 Å². The van der Waals surface area contributed by atoms with E-state index >= 15 is 0 Å². The second kappa shape index (κ2) is 7.57. The lowest BCUT2D eigenvalue weighted by molar-refractivity contribution is -0.138. The molecule has 1 aliphatic heterocycles. The fourth-order valence-corrected chi connectivity index (χ4v) is 2.04. The Morgan fingerprint density at radius 3 is 2.05 bits per heavy atom. The summed E-state index contributed by atoms with van der Waals surface area (Å²) in [4.78, 5) is 24.2. The van der Waals surface area contributed by atoms with Crippen molar-refractivity contribution in [1.82, 2.24) is 4.90 Å². The summed E-state index contributed by atoms with van der Waals surface area (Å²) in [6.45, 7) is 8.96. The molecule has 0 aromatic carbocycles. The first-order chi connectivity index (χ1) is 10.2. The minimum atomic E-state index is -0.442. The first-order valence-electron chi connectivity index (χ1n) is 7.42. The van der Waals surface area contributed by atoms with Crippen LogP contribution in [0.3, 0.4) is 0 Å². The summed E-state index contributed by atoms with van der Waals surface area (Å²) < 4.78 is 11.5. The molecule has 0 N–H and O–H groups in total. The number of terminal acetylenes is 1. The molecule has 1 rings (SSSR count). The largest absolute Gasteiger partial charge is 0.373 e. The van der Waals surface area contributed by atoms with Crippen LogP contribution in [0.15, 0.2) is 12.2 Å². The predicted molar refractivity (Wildman–Crippen MR) is 84.0 cm³/mol. The molecule has 1 aliphatic rings. The van der Waals surface area contributed by atoms with E-state index in [9.17, 15) is 9.59 Å². The van der Waals surface area contributed by atoms with E-state index < -0.39 is 5.60 Å². The van der Waals surface area contributed by atoms with E-state index in [1.54, 1.807) is 0 Å². The highest BCUT2D eigenvalue weighted by atomic mass is 16.5. The summed E-state index contributed by atoms with van der Waals surface area (Å²) in [5.74, 6) is 2.06. The second-order valence-corrected chi connectivity index (χ2v) is 6.51. The molecule has 1 heterocycles. The molecule has 0 aromatic rings. The molecule has 0 unspecified atom stereocenters. The molecule has 0 aliphatic carbocycles. The van der Waals surface area contributed by atoms with Crippen molar-refractivity contribution in [3.63, 3.8) is 0 Å². The Hall–Kier alpha value is -1.64. The smallest absolute Gasteiger partial charge is 0.253 e. The maximum Gasteiger partial charge on any atom is 0.253 e. The van der Waals surface area contributed by atoms with Crippen molar-refractivity contribution in [3.05, 3.63) is 12.2 Å². The Morgan fingerprint density at radius 2 is 1.55 bits per heavy atom. The molecule has 122 valence electrons. The Morgan fingerprint density at radius 1 is 1.05 bits per heavy atom. The van der Waals surface area contributed by atoms with E-state index in [-0.39, 0.29) is 17.4 Å². The van der Waals surface area contributed by atoms with Gasteiger partial charge in [-0.1, -0.05) is 0 Å². The minimum Gasteiger partial charge on any atom is -0.373 e. The van der Waals surface area contributed by atoms with Crippen LogP contribution in [0, 0.1) is 12.3 Å². The average molecular weight is 307 g/mol. The quantitative estimate of drug-likeness (QED) is 0.371. The Bertz CT molecular complexity index is 467. The van der Waals surface area contributed by atoms with Gasteiger partial charge < -0.3 is 9.47 Å². The standard InChI is InChI=1S/C17H25NO4/c1-6-9-16(2,3)21-12-13-22-17(4,5)10-11-18-14(19)7-8-15(18)20/h1,7-8H,9-13H2,2-5H3. The zero-order valence-electron chi connectivity index (χ0n) is 13.8. The molecule has 0 atom stereocenters. The van der Waals surface area contributed by atoms with Crippen molar-refractivity contribution in [1.29, 1.82) is 0 Å². The van der Waals surface area contributed by atoms with Gasteiger partial charge in [0.1, 0.15) is 0 Å². The molecule has 5 heteroatoms. The van der Waals surface area contributed by atoms with Gasteiger partial charge in [-0.3, -0.25) is 14.5 Å². The zero-order valence-corrected chi connectivity index (χ0v) is 13.8. The molecular weight excluding hydrogens is 282 g/mol. The number of hydrogen-bond donors (Lipinski definition) is 0. The Labute approximate surface area is 132 Å². The van der Waals surface area contributed by atoms with Gasteiger partial charge in [0.05, 0.1) is 24.4 Å². The molecular formula is C17H25NO4. The van der Waals surface area contributed by atoms with Crippen LogP contribution in [0.4, 0.5) is 0 Å². The van der Waals surface area contributed by atoms with Crippen LogP contribution < -0.4 is 0 Å². The van der Waals surface area contributed by atoms with Crippen LogP contribution >= 0.6 is 0 Å². The highest BCUT2D eigenvalue weighted by molar-refractivity contribution is 6.12. The number of imide groups is 1. The van der Waals surface area contributed by atoms with E-state index in [1.165, 1.54) is 17.1 Å². The maximum absolute atomic E-state index is 11.5. The van der Waals surface area contributed by atoms with E-state index in [0.29, 0.717) is 32.6 Å². The van der Waals surface area contributed by atoms with E-state index in [1.807, 2.05) is 27.7 Å². The van der Waals surface area contributed by atoms with Crippen molar-refractivity contribution < 1.29 is 19.1 Å². The molecule has 0 radical (unpaired) electrons. The molecule has 0 aromatic heterocycles. The van der Waals surface area contributed by atoms with Crippen LogP contribution in [0.1, 0.15) is 40.5 Å². The summed E-state index contributed by atoms with van der Waals surface area (Å²) in [6.07, 6.45) is 8.98. The first-order valence-corrected chi connectivity index (χ1v) is 7.42. The van der Waals surface area contributed by atoms with Gasteiger partial charge in [0.2, 0.25) is 0 Å². The topological polar surface area (TPSA) is 55.8 Å². The molecule has 2 amide bonds. The van der Waals surface area contributed by atoms with Crippen LogP contribution in [0.25, 0.3) is 0 Å². The van der Waals surface area contributed by atoms with Gasteiger partial charge in [0.15, 0.2) is 0 Å². The van der Waals surface area contributed by atoms with Crippen LogP contribution in [-0.2, 0) is 19.1 Å². The SMILES string of the molecule is C#CCC(C)(C)OCCOC(C)(C)CCN1C(=O)C=CC1=O. The van der Waals surface area contributed by atoms with Gasteiger partial charge >= 0.3 is 0 Å². The monoisotopic (exact) mass is 307 g/mol. The number of carbonyl (C=O) groups is 2. The normalized spacial score (nSPS) is 15.5. The highest BCUT2D eigenvalue weighted by Gasteiger charge is 2.27. The van der Waals surface area contributed by atoms with Crippen molar-refractivity contribution in [3.8, 4) is 12.3 Å². The van der Waals surface area contributed by atoms with Crippen LogP contribution in [0.2, 0.25) is 0 Å². The molecule has 0 saturated carbocycles. The highest BCUT2D eigenvalue weighted by Crippen LogP contribution is 2.18. The van der Waals surface area contributed by atoms with E-state index in [0.717, 1.165) is 0 Å². The number of hydrogen-bond acceptors (Lipinski definition) is 4. The lowest BCUT2D eigenvalue weighted by Gasteiger charge is -2.29. The fourth-order valence-electron chi connectivity index (χ4n) is 2.04. The minimum absolute atomic E-state index is 0.264. The fraction of sp³-hybridized carbons (Fsp3) is 0.647. The predicted octanol–water partition coefficient (Wildman–Crippen LogP) is 1.92. The lowest BCUT2D eigenvalue weighted by atomic mass is 10.0. The average Bonchev–Trinajstić information content (AvgIpc) is 2.72. The third kappa shape index (κ3) is 6.00. The molecule has 5 nitrogen and oxygen atoms in total. The van der Waals surface area contributed by atoms with Crippen molar-refractivity contribution >= 4 is 11.8 Å². The van der Waals surface area contributed by atoms with E-state index in [4.69, 9.17) is 15.9 Å². The molecule has 22 heavy (non-hydrogen) atoms. The van der Waals surface area contributed by atoms with Crippen molar-refractivity contribution in [2.45, 2.75) is 51.7 Å². The number of rotatable bonds is 9. The first kappa shape index (κ1) is 18.4. The van der Waals surface area contributed by atoms with Gasteiger partial charge in [0, 0.05) is 25.1 Å². The molecule has 0 saturated heterocycles. The Balaban J connectivity index is 2.28. The summed E-state index contributed by atoms with van der Waals surface area (Å²) in [5, 5.41) is 0. The van der Waals surface area contributed by atoms with Gasteiger partial charge in [-0.05, 0) is 34.1 Å². The number of ether oxygens (including phenoxy) is 2. The molecule has 0 fully saturated rings. The summed E-state index contributed by atoms with van der Waals surface area (Å²) >= 11 is 0. The molecule has 0 bridgehead atoms. The van der Waals surface area contributed by atoms with Crippen LogP contribution in [0.5, 0.6) is 0 Å². The lowest BCUT2D eigenvalue weighted by Crippen LogP contribution is -2.37. The third-order valence-electron chi connectivity index (χ3n) is 3.43. The summed E-state index contributed by atoms with van der Waals surface area (Å²) in [7, 11) is 0. The van der Waals surface area contributed by atoms with Crippen LogP contribution in [-0.4, -0.2) is 47.7 Å². The van der Waals surface area contributed by atoms with Crippen molar-refractivity contribution in [2.24, 2.45) is 0 Å². The van der Waals surface area contributed by atoms with E-state index in [2.05, 4.69) is 5.92 Å². The summed E-state index contributed by atoms with van der Waals surface area (Å²) in [5.41, 5.74) is -0.801. The second-order valence-electron chi connectivity index (χ2n) is 6.51. The number of carbonyl (C=O) groups excluding carboxylic acids is 2. The van der Waals surface area contributed by atoms with Gasteiger partial charge in [-0.2, -0.15) is 0 Å². The summed E-state index contributed by atoms with van der Waals surface area (Å²) in [6, 6.07) is 0.